The van der Waals surface area contributed by atoms with Gasteiger partial charge in [0.2, 0.25) is 0 Å². The Morgan fingerprint density at radius 3 is 2.56 bits per heavy atom. The van der Waals surface area contributed by atoms with Gasteiger partial charge in [0, 0.05) is 23.3 Å². The normalized spacial score (nSPS) is 18.2. The minimum atomic E-state index is -0.0514. The number of pyridine rings is 1. The van der Waals surface area contributed by atoms with Gasteiger partial charge in [0.15, 0.2) is 5.11 Å². The molecular weight excluding hydrogens is 416 g/mol. The predicted molar refractivity (Wildman–Crippen MR) is 130 cm³/mol. The van der Waals surface area contributed by atoms with Gasteiger partial charge in [-0.25, -0.2) is 0 Å². The van der Waals surface area contributed by atoms with Crippen molar-refractivity contribution in [2.24, 2.45) is 0 Å². The molecule has 1 aliphatic rings. The fourth-order valence-electron chi connectivity index (χ4n) is 4.76. The maximum atomic E-state index is 5.80. The van der Waals surface area contributed by atoms with Crippen LogP contribution in [0.1, 0.15) is 46.1 Å². The zero-order chi connectivity index (χ0) is 22.2. The second kappa shape index (κ2) is 8.28. The van der Waals surface area contributed by atoms with E-state index in [1.165, 1.54) is 28.2 Å². The van der Waals surface area contributed by atoms with E-state index in [9.17, 15) is 0 Å². The first-order chi connectivity index (χ1) is 15.5. The van der Waals surface area contributed by atoms with Gasteiger partial charge in [0.05, 0.1) is 30.6 Å². The summed E-state index contributed by atoms with van der Waals surface area (Å²) in [5.74, 6) is 0.883. The van der Waals surface area contributed by atoms with Gasteiger partial charge in [-0.05, 0) is 80.5 Å². The van der Waals surface area contributed by atoms with Crippen LogP contribution in [0.2, 0.25) is 0 Å². The van der Waals surface area contributed by atoms with Crippen LogP contribution in [0.15, 0.2) is 77.5 Å². The van der Waals surface area contributed by atoms with Crippen LogP contribution in [-0.4, -0.2) is 19.6 Å². The topological polar surface area (TPSA) is 46.2 Å². The maximum Gasteiger partial charge on any atom is 0.170 e. The Balaban J connectivity index is 1.64. The maximum absolute atomic E-state index is 5.80. The number of hydrogen-bond donors (Lipinski definition) is 1. The fraction of sp³-hybridized carbons (Fsp3) is 0.231. The number of aromatic nitrogens is 2. The lowest BCUT2D eigenvalue weighted by Gasteiger charge is -2.27. The Bertz CT molecular complexity index is 1250. The number of hydrogen-bond acceptors (Lipinski definition) is 3. The molecule has 1 aliphatic heterocycles. The van der Waals surface area contributed by atoms with E-state index < -0.39 is 0 Å². The number of nitrogens with zero attached hydrogens (tertiary/aromatic N) is 3. The summed E-state index contributed by atoms with van der Waals surface area (Å²) in [5.41, 5.74) is 7.06. The van der Waals surface area contributed by atoms with Crippen LogP contribution in [0.5, 0.6) is 0 Å². The molecule has 5 rings (SSSR count). The molecular formula is C26H26N4OS. The summed E-state index contributed by atoms with van der Waals surface area (Å²) in [7, 11) is 0. The zero-order valence-corrected chi connectivity index (χ0v) is 19.3. The summed E-state index contributed by atoms with van der Waals surface area (Å²) in [6.07, 6.45) is 3.54. The van der Waals surface area contributed by atoms with Gasteiger partial charge < -0.3 is 19.2 Å². The molecule has 6 heteroatoms. The standard InChI is InChI=1S/C26H26N4OS/c1-17-9-4-5-12-23(17)30-18(2)15-21(19(30)3)25-24(22-11-6-7-13-27-22)28-26(32)29(25)16-20-10-8-14-31-20/h4-15,24-25H,16H2,1-3H3,(H,28,32)/t24-,25-/m1/s1. The summed E-state index contributed by atoms with van der Waals surface area (Å²) in [5, 5.41) is 4.24. The first-order valence-corrected chi connectivity index (χ1v) is 11.2. The van der Waals surface area contributed by atoms with Crippen molar-refractivity contribution in [2.45, 2.75) is 39.4 Å². The van der Waals surface area contributed by atoms with Crippen LogP contribution in [0.4, 0.5) is 0 Å². The van der Waals surface area contributed by atoms with Crippen LogP contribution in [0, 0.1) is 20.8 Å². The second-order valence-corrected chi connectivity index (χ2v) is 8.67. The molecule has 3 aromatic heterocycles. The van der Waals surface area contributed by atoms with Crippen molar-refractivity contribution in [1.82, 2.24) is 19.8 Å². The molecule has 0 spiro atoms. The number of benzene rings is 1. The molecule has 0 aliphatic carbocycles. The lowest BCUT2D eigenvalue weighted by atomic mass is 9.96. The highest BCUT2D eigenvalue weighted by Crippen LogP contribution is 2.42. The van der Waals surface area contributed by atoms with Crippen molar-refractivity contribution >= 4 is 17.3 Å². The smallest absolute Gasteiger partial charge is 0.170 e. The Morgan fingerprint density at radius 1 is 1.03 bits per heavy atom. The molecule has 2 atom stereocenters. The SMILES string of the molecule is Cc1ccccc1-n1c(C)cc([C@@H]2[C@@H](c3ccccn3)NC(=S)N2Cc2ccco2)c1C. The third-order valence-corrected chi connectivity index (χ3v) is 6.60. The minimum absolute atomic E-state index is 0.00790. The van der Waals surface area contributed by atoms with Crippen LogP contribution in [0.25, 0.3) is 5.69 Å². The molecule has 0 unspecified atom stereocenters. The molecule has 32 heavy (non-hydrogen) atoms. The Labute approximate surface area is 193 Å². The summed E-state index contributed by atoms with van der Waals surface area (Å²) >= 11 is 5.80. The monoisotopic (exact) mass is 442 g/mol. The van der Waals surface area contributed by atoms with Gasteiger partial charge in [-0.2, -0.15) is 0 Å². The molecule has 4 aromatic rings. The van der Waals surface area contributed by atoms with Crippen molar-refractivity contribution in [3.8, 4) is 5.69 Å². The summed E-state index contributed by atoms with van der Waals surface area (Å²) in [6.45, 7) is 7.11. The summed E-state index contributed by atoms with van der Waals surface area (Å²) in [6, 6.07) is 20.7. The van der Waals surface area contributed by atoms with E-state index in [4.69, 9.17) is 16.6 Å². The van der Waals surface area contributed by atoms with Crippen LogP contribution in [0.3, 0.4) is 0 Å². The average Bonchev–Trinajstić information content (AvgIpc) is 3.49. The van der Waals surface area contributed by atoms with Gasteiger partial charge in [-0.1, -0.05) is 24.3 Å². The second-order valence-electron chi connectivity index (χ2n) is 8.28. The van der Waals surface area contributed by atoms with Gasteiger partial charge in [0.25, 0.3) is 0 Å². The van der Waals surface area contributed by atoms with Gasteiger partial charge in [-0.3, -0.25) is 4.98 Å². The first kappa shape index (κ1) is 20.5. The van der Waals surface area contributed by atoms with Crippen molar-refractivity contribution < 1.29 is 4.42 Å². The van der Waals surface area contributed by atoms with E-state index >= 15 is 0 Å². The molecule has 1 aromatic carbocycles. The average molecular weight is 443 g/mol. The van der Waals surface area contributed by atoms with E-state index in [1.807, 2.05) is 30.5 Å². The highest BCUT2D eigenvalue weighted by molar-refractivity contribution is 7.80. The summed E-state index contributed by atoms with van der Waals surface area (Å²) < 4.78 is 8.00. The van der Waals surface area contributed by atoms with Crippen molar-refractivity contribution in [3.63, 3.8) is 0 Å². The fourth-order valence-corrected chi connectivity index (χ4v) is 5.06. The van der Waals surface area contributed by atoms with E-state index in [0.29, 0.717) is 11.7 Å². The molecule has 1 saturated heterocycles. The highest BCUT2D eigenvalue weighted by Gasteiger charge is 2.41. The molecule has 4 heterocycles. The lowest BCUT2D eigenvalue weighted by molar-refractivity contribution is 0.286. The predicted octanol–water partition coefficient (Wildman–Crippen LogP) is 5.56. The van der Waals surface area contributed by atoms with Gasteiger partial charge in [0.1, 0.15) is 5.76 Å². The first-order valence-electron chi connectivity index (χ1n) is 10.8. The zero-order valence-electron chi connectivity index (χ0n) is 18.4. The van der Waals surface area contributed by atoms with Crippen molar-refractivity contribution in [2.75, 3.05) is 0 Å². The lowest BCUT2D eigenvalue weighted by Crippen LogP contribution is -2.29. The quantitative estimate of drug-likeness (QED) is 0.410. The number of aryl methyl sites for hydroxylation is 2. The van der Waals surface area contributed by atoms with Gasteiger partial charge >= 0.3 is 0 Å². The highest BCUT2D eigenvalue weighted by atomic mass is 32.1. The van der Waals surface area contributed by atoms with Crippen molar-refractivity contribution in [3.05, 3.63) is 107 Å². The number of thiocarbonyl (C=S) groups is 1. The number of furan rings is 1. The van der Waals surface area contributed by atoms with E-state index in [0.717, 1.165) is 11.5 Å². The Kier molecular flexibility index (Phi) is 5.31. The molecule has 5 nitrogen and oxygen atoms in total. The molecule has 162 valence electrons. The Morgan fingerprint density at radius 2 is 1.84 bits per heavy atom. The molecule has 1 N–H and O–H groups in total. The molecule has 0 amide bonds. The molecule has 0 radical (unpaired) electrons. The van der Waals surface area contributed by atoms with Crippen LogP contribution >= 0.6 is 12.2 Å². The number of nitrogens with one attached hydrogen (secondary N) is 1. The molecule has 0 bridgehead atoms. The van der Waals surface area contributed by atoms with E-state index in [2.05, 4.69) is 76.9 Å². The minimum Gasteiger partial charge on any atom is -0.467 e. The van der Waals surface area contributed by atoms with Crippen molar-refractivity contribution in [1.29, 1.82) is 0 Å². The van der Waals surface area contributed by atoms with E-state index in [1.54, 1.807) is 6.26 Å². The largest absolute Gasteiger partial charge is 0.467 e. The number of rotatable bonds is 5. The van der Waals surface area contributed by atoms with E-state index in [-0.39, 0.29) is 12.1 Å². The number of para-hydroxylation sites is 1. The Hall–Kier alpha value is -3.38. The molecule has 1 fully saturated rings. The third-order valence-electron chi connectivity index (χ3n) is 6.25. The molecule has 0 saturated carbocycles. The third kappa shape index (κ3) is 3.50. The van der Waals surface area contributed by atoms with Crippen LogP contribution in [-0.2, 0) is 6.54 Å². The van der Waals surface area contributed by atoms with Gasteiger partial charge in [-0.15, -0.1) is 0 Å². The summed E-state index contributed by atoms with van der Waals surface area (Å²) in [4.78, 5) is 6.87. The van der Waals surface area contributed by atoms with Crippen LogP contribution < -0.4 is 5.32 Å².